The minimum absolute atomic E-state index is 0.0939. The smallest absolute Gasteiger partial charge is 0.373 e. The number of nitrogens with zero attached hydrogens (tertiary/aromatic N) is 2. The van der Waals surface area contributed by atoms with Crippen LogP contribution in [0.5, 0.6) is 5.75 Å². The van der Waals surface area contributed by atoms with Gasteiger partial charge in [0.1, 0.15) is 23.9 Å². The van der Waals surface area contributed by atoms with Gasteiger partial charge in [-0.3, -0.25) is 19.8 Å². The molecule has 3 aromatic rings. The van der Waals surface area contributed by atoms with Crippen molar-refractivity contribution in [3.63, 3.8) is 0 Å². The van der Waals surface area contributed by atoms with Crippen LogP contribution in [0.2, 0.25) is 0 Å². The van der Waals surface area contributed by atoms with E-state index in [-0.39, 0.29) is 47.2 Å². The molecule has 0 spiro atoms. The van der Waals surface area contributed by atoms with Crippen LogP contribution < -0.4 is 10.1 Å². The summed E-state index contributed by atoms with van der Waals surface area (Å²) in [6, 6.07) is 11.8. The molecular formula is C24H18FN3O8. The molecule has 0 saturated carbocycles. The molecule has 12 heteroatoms. The van der Waals surface area contributed by atoms with Crippen molar-refractivity contribution < 1.29 is 37.6 Å². The van der Waals surface area contributed by atoms with E-state index in [2.05, 4.69) is 10.1 Å². The number of carbonyl (C=O) groups is 3. The van der Waals surface area contributed by atoms with Gasteiger partial charge in [0.2, 0.25) is 11.5 Å². The van der Waals surface area contributed by atoms with Gasteiger partial charge in [0, 0.05) is 17.2 Å². The maximum atomic E-state index is 14.0. The number of nitrogens with one attached hydrogen (secondary N) is 1. The fraction of sp³-hybridized carbons (Fsp3) is 0.125. The number of hydrogen-bond acceptors (Lipinski definition) is 8. The maximum absolute atomic E-state index is 14.0. The minimum atomic E-state index is -0.762. The minimum Gasteiger partial charge on any atom is -0.481 e. The summed E-state index contributed by atoms with van der Waals surface area (Å²) in [6.45, 7) is -0.578. The van der Waals surface area contributed by atoms with Crippen LogP contribution in [0.15, 0.2) is 64.7 Å². The molecule has 1 aliphatic heterocycles. The average molecular weight is 495 g/mol. The molecule has 1 saturated heterocycles. The number of furan rings is 1. The lowest BCUT2D eigenvalue weighted by atomic mass is 10.1. The van der Waals surface area contributed by atoms with E-state index in [0.29, 0.717) is 0 Å². The molecule has 4 rings (SSSR count). The monoisotopic (exact) mass is 495 g/mol. The number of para-hydroxylation sites is 1. The highest BCUT2D eigenvalue weighted by molar-refractivity contribution is 6.14. The number of esters is 1. The number of ether oxygens (including phenoxy) is 2. The van der Waals surface area contributed by atoms with Gasteiger partial charge in [-0.05, 0) is 24.3 Å². The van der Waals surface area contributed by atoms with E-state index >= 15 is 0 Å². The molecule has 3 amide bonds. The van der Waals surface area contributed by atoms with Crippen molar-refractivity contribution in [2.24, 2.45) is 0 Å². The Hall–Kier alpha value is -5.00. The Labute approximate surface area is 202 Å². The first kappa shape index (κ1) is 24.1. The first-order chi connectivity index (χ1) is 17.3. The number of imide groups is 1. The van der Waals surface area contributed by atoms with Gasteiger partial charge in [-0.15, -0.1) is 0 Å². The molecular weight excluding hydrogens is 477 g/mol. The number of urea groups is 1. The summed E-state index contributed by atoms with van der Waals surface area (Å²) < 4.78 is 29.5. The topological polar surface area (TPSA) is 141 Å². The lowest BCUT2D eigenvalue weighted by Gasteiger charge is -2.11. The average Bonchev–Trinajstić information content (AvgIpc) is 3.44. The predicted octanol–water partition coefficient (Wildman–Crippen LogP) is 3.79. The molecule has 36 heavy (non-hydrogen) atoms. The Bertz CT molecular complexity index is 1400. The first-order valence-corrected chi connectivity index (χ1v) is 10.4. The van der Waals surface area contributed by atoms with E-state index in [1.165, 1.54) is 61.7 Å². The summed E-state index contributed by atoms with van der Waals surface area (Å²) in [7, 11) is 1.18. The molecule has 1 aliphatic rings. The Balaban J connectivity index is 1.60. The second-order valence-corrected chi connectivity index (χ2v) is 7.47. The molecule has 0 unspecified atom stereocenters. The summed E-state index contributed by atoms with van der Waals surface area (Å²) in [5.41, 5.74) is -0.274. The van der Waals surface area contributed by atoms with Crippen molar-refractivity contribution in [1.29, 1.82) is 0 Å². The number of carbonyl (C=O) groups excluding carboxylic acids is 3. The van der Waals surface area contributed by atoms with Gasteiger partial charge in [-0.25, -0.2) is 14.0 Å². The lowest BCUT2D eigenvalue weighted by Crippen LogP contribution is -2.30. The Morgan fingerprint density at radius 2 is 1.94 bits per heavy atom. The first-order valence-electron chi connectivity index (χ1n) is 10.4. The molecule has 0 bridgehead atoms. The van der Waals surface area contributed by atoms with Crippen molar-refractivity contribution in [2.45, 2.75) is 13.2 Å². The fourth-order valence-electron chi connectivity index (χ4n) is 3.42. The standard InChI is InChI=1S/C24H18FN3O8/c1-34-23(30)20-10-9-16(36-20)12-27-22(29)18(26-24(27)31)11-14-6-4-8-19(28(32)33)21(14)35-13-15-5-2-3-7-17(15)25/h2-11H,12-13H2,1H3,(H,26,31)/b18-11-. The fourth-order valence-corrected chi connectivity index (χ4v) is 3.42. The highest BCUT2D eigenvalue weighted by atomic mass is 19.1. The number of nitro benzene ring substituents is 1. The lowest BCUT2D eigenvalue weighted by molar-refractivity contribution is -0.386. The zero-order valence-electron chi connectivity index (χ0n) is 18.7. The molecule has 0 radical (unpaired) electrons. The highest BCUT2D eigenvalue weighted by Gasteiger charge is 2.35. The van der Waals surface area contributed by atoms with Crippen LogP contribution in [-0.4, -0.2) is 34.8 Å². The third-order valence-electron chi connectivity index (χ3n) is 5.18. The van der Waals surface area contributed by atoms with Crippen LogP contribution in [0.25, 0.3) is 6.08 Å². The van der Waals surface area contributed by atoms with Crippen LogP contribution in [0.3, 0.4) is 0 Å². The number of methoxy groups -OCH3 is 1. The number of halogens is 1. The number of amides is 3. The zero-order valence-corrected chi connectivity index (χ0v) is 18.7. The summed E-state index contributed by atoms with van der Waals surface area (Å²) in [4.78, 5) is 48.6. The summed E-state index contributed by atoms with van der Waals surface area (Å²) in [5.74, 6) is -2.13. The van der Waals surface area contributed by atoms with Gasteiger partial charge < -0.3 is 19.2 Å². The Morgan fingerprint density at radius 3 is 2.67 bits per heavy atom. The number of benzene rings is 2. The summed E-state index contributed by atoms with van der Waals surface area (Å²) in [5, 5.41) is 14.0. The largest absolute Gasteiger partial charge is 0.481 e. The summed E-state index contributed by atoms with van der Waals surface area (Å²) >= 11 is 0. The molecule has 1 aromatic heterocycles. The van der Waals surface area contributed by atoms with Gasteiger partial charge in [0.25, 0.3) is 5.91 Å². The van der Waals surface area contributed by atoms with Crippen LogP contribution in [0.1, 0.15) is 27.4 Å². The molecule has 184 valence electrons. The summed E-state index contributed by atoms with van der Waals surface area (Å²) in [6.07, 6.45) is 1.23. The third-order valence-corrected chi connectivity index (χ3v) is 5.18. The van der Waals surface area contributed by atoms with E-state index in [1.807, 2.05) is 0 Å². The highest BCUT2D eigenvalue weighted by Crippen LogP contribution is 2.34. The molecule has 0 aliphatic carbocycles. The SMILES string of the molecule is COC(=O)c1ccc(CN2C(=O)N/C(=C\c3cccc([N+](=O)[O-])c3OCc3ccccc3F)C2=O)o1. The van der Waals surface area contributed by atoms with E-state index in [0.717, 1.165) is 4.90 Å². The van der Waals surface area contributed by atoms with E-state index < -0.39 is 34.3 Å². The van der Waals surface area contributed by atoms with Gasteiger partial charge in [-0.1, -0.05) is 30.3 Å². The number of rotatable bonds is 8. The Morgan fingerprint density at radius 1 is 1.17 bits per heavy atom. The second-order valence-electron chi connectivity index (χ2n) is 7.47. The molecule has 2 heterocycles. The van der Waals surface area contributed by atoms with Gasteiger partial charge >= 0.3 is 17.7 Å². The van der Waals surface area contributed by atoms with E-state index in [9.17, 15) is 28.9 Å². The number of hydrogen-bond donors (Lipinski definition) is 1. The van der Waals surface area contributed by atoms with E-state index in [1.54, 1.807) is 6.07 Å². The van der Waals surface area contributed by atoms with Gasteiger partial charge in [-0.2, -0.15) is 0 Å². The van der Waals surface area contributed by atoms with Crippen molar-refractivity contribution in [2.75, 3.05) is 7.11 Å². The third kappa shape index (κ3) is 4.92. The van der Waals surface area contributed by atoms with Gasteiger partial charge in [0.15, 0.2) is 0 Å². The van der Waals surface area contributed by atoms with Crippen molar-refractivity contribution >= 4 is 29.7 Å². The predicted molar refractivity (Wildman–Crippen MR) is 121 cm³/mol. The zero-order chi connectivity index (χ0) is 25.8. The molecule has 1 fully saturated rings. The number of nitro groups is 1. The normalized spacial score (nSPS) is 14.2. The van der Waals surface area contributed by atoms with Crippen molar-refractivity contribution in [3.05, 3.63) is 98.9 Å². The quantitative estimate of drug-likeness (QED) is 0.164. The maximum Gasteiger partial charge on any atom is 0.373 e. The second kappa shape index (κ2) is 10.1. The Kier molecular flexibility index (Phi) is 6.77. The van der Waals surface area contributed by atoms with Gasteiger partial charge in [0.05, 0.1) is 18.6 Å². The van der Waals surface area contributed by atoms with E-state index in [4.69, 9.17) is 9.15 Å². The van der Waals surface area contributed by atoms with Crippen molar-refractivity contribution in [3.8, 4) is 5.75 Å². The molecule has 0 atom stereocenters. The van der Waals surface area contributed by atoms with Crippen LogP contribution in [0, 0.1) is 15.9 Å². The van der Waals surface area contributed by atoms with Crippen LogP contribution in [-0.2, 0) is 22.7 Å². The molecule has 2 aromatic carbocycles. The van der Waals surface area contributed by atoms with Crippen LogP contribution in [0.4, 0.5) is 14.9 Å². The molecule has 1 N–H and O–H groups in total. The van der Waals surface area contributed by atoms with Crippen LogP contribution >= 0.6 is 0 Å². The van der Waals surface area contributed by atoms with Crippen molar-refractivity contribution in [1.82, 2.24) is 10.2 Å². The molecule has 11 nitrogen and oxygen atoms in total.